The molecule has 0 amide bonds. The lowest BCUT2D eigenvalue weighted by molar-refractivity contribution is 0.0691. The van der Waals surface area contributed by atoms with Gasteiger partial charge < -0.3 is 5.11 Å². The number of rotatable bonds is 4. The van der Waals surface area contributed by atoms with Crippen LogP contribution in [0.2, 0.25) is 0 Å². The minimum absolute atomic E-state index is 0.172. The lowest BCUT2D eigenvalue weighted by atomic mass is 10.2. The minimum Gasteiger partial charge on any atom is -0.478 e. The highest BCUT2D eigenvalue weighted by molar-refractivity contribution is 9.10. The zero-order chi connectivity index (χ0) is 15.6. The number of benzene rings is 1. The van der Waals surface area contributed by atoms with Crippen molar-refractivity contribution < 1.29 is 22.7 Å². The molecule has 2 rings (SSSR count). The van der Waals surface area contributed by atoms with E-state index in [0.717, 1.165) is 12.1 Å². The van der Waals surface area contributed by atoms with Crippen LogP contribution in [-0.2, 0) is 15.6 Å². The van der Waals surface area contributed by atoms with Crippen LogP contribution in [0.5, 0.6) is 0 Å². The topological polar surface area (TPSA) is 84.3 Å². The number of halogens is 2. The van der Waals surface area contributed by atoms with Crippen LogP contribution in [0.4, 0.5) is 4.39 Å². The van der Waals surface area contributed by atoms with Crippen molar-refractivity contribution in [1.29, 1.82) is 0 Å². The summed E-state index contributed by atoms with van der Waals surface area (Å²) in [6, 6.07) is 5.16. The molecule has 0 unspecified atom stereocenters. The Kier molecular flexibility index (Phi) is 4.38. The first-order valence-electron chi connectivity index (χ1n) is 5.65. The lowest BCUT2D eigenvalue weighted by Crippen LogP contribution is -2.11. The quantitative estimate of drug-likeness (QED) is 0.890. The first-order valence-corrected chi connectivity index (χ1v) is 8.10. The number of carboxylic acid groups (broad SMARTS) is 1. The van der Waals surface area contributed by atoms with E-state index in [9.17, 15) is 17.6 Å². The van der Waals surface area contributed by atoms with E-state index in [4.69, 9.17) is 5.11 Å². The van der Waals surface area contributed by atoms with Gasteiger partial charge in [-0.3, -0.25) is 4.98 Å². The van der Waals surface area contributed by atoms with E-state index >= 15 is 0 Å². The molecule has 21 heavy (non-hydrogen) atoms. The van der Waals surface area contributed by atoms with Crippen LogP contribution >= 0.6 is 15.9 Å². The summed E-state index contributed by atoms with van der Waals surface area (Å²) in [5, 5.41) is 8.90. The van der Waals surface area contributed by atoms with Gasteiger partial charge in [0.25, 0.3) is 0 Å². The van der Waals surface area contributed by atoms with Gasteiger partial charge in [-0.1, -0.05) is 22.0 Å². The molecular weight excluding hydrogens is 365 g/mol. The van der Waals surface area contributed by atoms with Gasteiger partial charge in [-0.25, -0.2) is 17.6 Å². The molecule has 1 aromatic heterocycles. The molecular formula is C13H9BrFNO4S. The molecule has 0 saturated heterocycles. The van der Waals surface area contributed by atoms with Gasteiger partial charge >= 0.3 is 5.97 Å². The standard InChI is InChI=1S/C13H9BrFNO4S/c14-9-4-10(13(17)18)12(15)11(5-9)21(19,20)7-8-2-1-3-16-6-8/h1-6H,7H2,(H,17,18). The molecule has 0 saturated carbocycles. The number of carboxylic acids is 1. The number of hydrogen-bond donors (Lipinski definition) is 1. The maximum absolute atomic E-state index is 14.1. The second-order valence-electron chi connectivity index (χ2n) is 4.19. The summed E-state index contributed by atoms with van der Waals surface area (Å²) in [6.07, 6.45) is 2.84. The Morgan fingerprint density at radius 1 is 1.38 bits per heavy atom. The molecule has 8 heteroatoms. The van der Waals surface area contributed by atoms with Gasteiger partial charge in [-0.2, -0.15) is 0 Å². The van der Waals surface area contributed by atoms with E-state index in [1.54, 1.807) is 12.1 Å². The number of hydrogen-bond acceptors (Lipinski definition) is 4. The lowest BCUT2D eigenvalue weighted by Gasteiger charge is -2.08. The number of carbonyl (C=O) groups is 1. The largest absolute Gasteiger partial charge is 0.478 e. The minimum atomic E-state index is -4.03. The Bertz CT molecular complexity index is 793. The monoisotopic (exact) mass is 373 g/mol. The SMILES string of the molecule is O=C(O)c1cc(Br)cc(S(=O)(=O)Cc2cccnc2)c1F. The predicted octanol–water partition coefficient (Wildman–Crippen LogP) is 2.66. The van der Waals surface area contributed by atoms with Crippen molar-refractivity contribution >= 4 is 31.7 Å². The summed E-state index contributed by atoms with van der Waals surface area (Å²) in [6.45, 7) is 0. The zero-order valence-electron chi connectivity index (χ0n) is 10.5. The van der Waals surface area contributed by atoms with Crippen molar-refractivity contribution in [1.82, 2.24) is 4.98 Å². The smallest absolute Gasteiger partial charge is 0.338 e. The zero-order valence-corrected chi connectivity index (χ0v) is 12.9. The fourth-order valence-corrected chi connectivity index (χ4v) is 3.79. The van der Waals surface area contributed by atoms with Crippen LogP contribution in [-0.4, -0.2) is 24.5 Å². The Hall–Kier alpha value is -1.80. The Morgan fingerprint density at radius 3 is 2.67 bits per heavy atom. The first kappa shape index (κ1) is 15.6. The summed E-state index contributed by atoms with van der Waals surface area (Å²) in [5.74, 6) is -3.27. The first-order chi connectivity index (χ1) is 9.81. The van der Waals surface area contributed by atoms with Crippen LogP contribution in [0.1, 0.15) is 15.9 Å². The molecule has 1 aromatic carbocycles. The van der Waals surface area contributed by atoms with Gasteiger partial charge in [0.15, 0.2) is 15.7 Å². The van der Waals surface area contributed by atoms with Crippen molar-refractivity contribution in [2.75, 3.05) is 0 Å². The average Bonchev–Trinajstić information content (AvgIpc) is 2.41. The highest BCUT2D eigenvalue weighted by Crippen LogP contribution is 2.26. The van der Waals surface area contributed by atoms with E-state index in [1.807, 2.05) is 0 Å². The molecule has 0 aliphatic carbocycles. The number of aromatic carboxylic acids is 1. The molecule has 5 nitrogen and oxygen atoms in total. The van der Waals surface area contributed by atoms with Gasteiger partial charge in [0.2, 0.25) is 0 Å². The van der Waals surface area contributed by atoms with Crippen molar-refractivity contribution in [3.05, 3.63) is 58.1 Å². The molecule has 0 spiro atoms. The molecule has 0 aliphatic rings. The van der Waals surface area contributed by atoms with Gasteiger partial charge in [-0.05, 0) is 23.8 Å². The number of aromatic nitrogens is 1. The third-order valence-corrected chi connectivity index (χ3v) is 4.79. The van der Waals surface area contributed by atoms with Gasteiger partial charge in [0, 0.05) is 16.9 Å². The van der Waals surface area contributed by atoms with Crippen molar-refractivity contribution in [2.45, 2.75) is 10.6 Å². The molecule has 2 aromatic rings. The van der Waals surface area contributed by atoms with E-state index < -0.39 is 37.8 Å². The second kappa shape index (κ2) is 5.90. The van der Waals surface area contributed by atoms with Gasteiger partial charge in [0.1, 0.15) is 4.90 Å². The molecule has 0 bridgehead atoms. The molecule has 0 fully saturated rings. The van der Waals surface area contributed by atoms with Crippen LogP contribution in [0, 0.1) is 5.82 Å². The number of sulfone groups is 1. The summed E-state index contributed by atoms with van der Waals surface area (Å²) in [7, 11) is -4.03. The Morgan fingerprint density at radius 2 is 2.10 bits per heavy atom. The van der Waals surface area contributed by atoms with Gasteiger partial charge in [-0.15, -0.1) is 0 Å². The fraction of sp³-hybridized carbons (Fsp3) is 0.0769. The maximum atomic E-state index is 14.1. The maximum Gasteiger partial charge on any atom is 0.338 e. The third kappa shape index (κ3) is 3.45. The van der Waals surface area contributed by atoms with Crippen LogP contribution < -0.4 is 0 Å². The highest BCUT2D eigenvalue weighted by atomic mass is 79.9. The van der Waals surface area contributed by atoms with E-state index in [0.29, 0.717) is 5.56 Å². The summed E-state index contributed by atoms with van der Waals surface area (Å²) in [5.41, 5.74) is -0.317. The fourth-order valence-electron chi connectivity index (χ4n) is 1.73. The van der Waals surface area contributed by atoms with E-state index in [-0.39, 0.29) is 4.47 Å². The molecule has 0 radical (unpaired) electrons. The molecule has 0 atom stereocenters. The van der Waals surface area contributed by atoms with Crippen molar-refractivity contribution in [2.24, 2.45) is 0 Å². The summed E-state index contributed by atoms with van der Waals surface area (Å²) >= 11 is 2.99. The van der Waals surface area contributed by atoms with Gasteiger partial charge in [0.05, 0.1) is 11.3 Å². The normalized spacial score (nSPS) is 11.3. The Labute approximate surface area is 128 Å². The molecule has 1 heterocycles. The van der Waals surface area contributed by atoms with E-state index in [2.05, 4.69) is 20.9 Å². The van der Waals surface area contributed by atoms with Crippen molar-refractivity contribution in [3.8, 4) is 0 Å². The average molecular weight is 374 g/mol. The third-order valence-electron chi connectivity index (χ3n) is 2.65. The Balaban J connectivity index is 2.53. The summed E-state index contributed by atoms with van der Waals surface area (Å²) < 4.78 is 38.8. The van der Waals surface area contributed by atoms with E-state index in [1.165, 1.54) is 12.4 Å². The van der Waals surface area contributed by atoms with Crippen LogP contribution in [0.15, 0.2) is 46.0 Å². The predicted molar refractivity (Wildman–Crippen MR) is 76.2 cm³/mol. The highest BCUT2D eigenvalue weighted by Gasteiger charge is 2.25. The number of nitrogens with zero attached hydrogens (tertiary/aromatic N) is 1. The molecule has 0 aliphatic heterocycles. The van der Waals surface area contributed by atoms with Crippen molar-refractivity contribution in [3.63, 3.8) is 0 Å². The molecule has 110 valence electrons. The van der Waals surface area contributed by atoms with Crippen LogP contribution in [0.3, 0.4) is 0 Å². The second-order valence-corrected chi connectivity index (χ2v) is 7.06. The van der Waals surface area contributed by atoms with Crippen LogP contribution in [0.25, 0.3) is 0 Å². The number of pyridine rings is 1. The molecule has 1 N–H and O–H groups in total. The summed E-state index contributed by atoms with van der Waals surface area (Å²) in [4.78, 5) is 14.1.